The van der Waals surface area contributed by atoms with Crippen LogP contribution in [0.25, 0.3) is 0 Å². The number of carbonyl (C=O) groups is 1. The van der Waals surface area contributed by atoms with Crippen molar-refractivity contribution >= 4 is 17.3 Å². The first kappa shape index (κ1) is 13.5. The molecule has 100 valence electrons. The Kier molecular flexibility index (Phi) is 3.57. The van der Waals surface area contributed by atoms with Gasteiger partial charge in [-0.05, 0) is 17.7 Å². The van der Waals surface area contributed by atoms with E-state index in [0.717, 1.165) is 12.1 Å². The number of hydrogen-bond donors (Lipinski definition) is 1. The molecule has 0 aliphatic heterocycles. The first-order chi connectivity index (χ1) is 8.89. The molecule has 2 rings (SSSR count). The van der Waals surface area contributed by atoms with Crippen LogP contribution >= 0.6 is 11.3 Å². The molecule has 3 nitrogen and oxygen atoms in total. The van der Waals surface area contributed by atoms with Gasteiger partial charge in [0.15, 0.2) is 0 Å². The molecule has 1 atom stereocenters. The van der Waals surface area contributed by atoms with Crippen molar-refractivity contribution in [2.45, 2.75) is 12.1 Å². The third-order valence-corrected chi connectivity index (χ3v) is 3.17. The molecule has 1 heterocycles. The Hall–Kier alpha value is -1.89. The zero-order valence-corrected chi connectivity index (χ0v) is 10.2. The van der Waals surface area contributed by atoms with Crippen molar-refractivity contribution in [2.75, 3.05) is 0 Å². The Balaban J connectivity index is 2.37. The predicted molar refractivity (Wildman–Crippen MR) is 63.0 cm³/mol. The molecule has 0 aliphatic carbocycles. The summed E-state index contributed by atoms with van der Waals surface area (Å²) in [6, 6.07) is 4.08. The number of hydrogen-bond acceptors (Lipinski definition) is 3. The molecule has 1 aromatic carbocycles. The van der Waals surface area contributed by atoms with Crippen LogP contribution in [0, 0.1) is 0 Å². The molecule has 2 aromatic rings. The van der Waals surface area contributed by atoms with Crippen molar-refractivity contribution in [1.29, 1.82) is 0 Å². The summed E-state index contributed by atoms with van der Waals surface area (Å²) in [5.41, 5.74) is 1.26. The third kappa shape index (κ3) is 2.93. The molecule has 1 N–H and O–H groups in total. The fourth-order valence-electron chi connectivity index (χ4n) is 1.67. The van der Waals surface area contributed by atoms with Gasteiger partial charge < -0.3 is 5.11 Å². The van der Waals surface area contributed by atoms with Gasteiger partial charge in [-0.1, -0.05) is 12.1 Å². The summed E-state index contributed by atoms with van der Waals surface area (Å²) in [6.45, 7) is 0. The Morgan fingerprint density at radius 2 is 1.89 bits per heavy atom. The lowest BCUT2D eigenvalue weighted by Gasteiger charge is -2.12. The van der Waals surface area contributed by atoms with E-state index in [4.69, 9.17) is 0 Å². The Labute approximate surface area is 110 Å². The maximum atomic E-state index is 12.4. The number of carboxylic acids is 1. The summed E-state index contributed by atoms with van der Waals surface area (Å²) in [7, 11) is 0. The summed E-state index contributed by atoms with van der Waals surface area (Å²) >= 11 is 1.23. The number of aromatic nitrogens is 1. The van der Waals surface area contributed by atoms with Crippen LogP contribution in [0.4, 0.5) is 13.2 Å². The third-order valence-electron chi connectivity index (χ3n) is 2.57. The molecule has 0 bridgehead atoms. The molecule has 19 heavy (non-hydrogen) atoms. The number of nitrogens with zero attached hydrogens (tertiary/aromatic N) is 1. The zero-order valence-electron chi connectivity index (χ0n) is 9.39. The highest BCUT2D eigenvalue weighted by Gasteiger charge is 2.31. The first-order valence-corrected chi connectivity index (χ1v) is 6.12. The summed E-state index contributed by atoms with van der Waals surface area (Å²) in [6.07, 6.45) is -4.43. The van der Waals surface area contributed by atoms with E-state index in [9.17, 15) is 23.1 Å². The minimum Gasteiger partial charge on any atom is -0.480 e. The van der Waals surface area contributed by atoms with Crippen molar-refractivity contribution in [3.8, 4) is 0 Å². The van der Waals surface area contributed by atoms with Crippen molar-refractivity contribution in [1.82, 2.24) is 4.98 Å². The summed E-state index contributed by atoms with van der Waals surface area (Å²) in [5.74, 6) is -2.20. The van der Waals surface area contributed by atoms with Gasteiger partial charge in [-0.3, -0.25) is 4.79 Å². The monoisotopic (exact) mass is 287 g/mol. The van der Waals surface area contributed by atoms with Crippen molar-refractivity contribution < 1.29 is 23.1 Å². The van der Waals surface area contributed by atoms with Crippen molar-refractivity contribution in [2.24, 2.45) is 0 Å². The van der Waals surface area contributed by atoms with Crippen molar-refractivity contribution in [3.05, 3.63) is 52.0 Å². The van der Waals surface area contributed by atoms with E-state index in [0.29, 0.717) is 5.69 Å². The summed E-state index contributed by atoms with van der Waals surface area (Å²) in [4.78, 5) is 15.1. The molecule has 1 unspecified atom stereocenters. The van der Waals surface area contributed by atoms with Crippen LogP contribution in [0.5, 0.6) is 0 Å². The van der Waals surface area contributed by atoms with Gasteiger partial charge >= 0.3 is 12.1 Å². The van der Waals surface area contributed by atoms with Gasteiger partial charge in [-0.25, -0.2) is 4.98 Å². The highest BCUT2D eigenvalue weighted by molar-refractivity contribution is 7.07. The van der Waals surface area contributed by atoms with Gasteiger partial charge in [0.25, 0.3) is 0 Å². The Morgan fingerprint density at radius 1 is 1.26 bits per heavy atom. The normalized spacial score (nSPS) is 13.2. The number of alkyl halides is 3. The highest BCUT2D eigenvalue weighted by atomic mass is 32.1. The standard InChI is InChI=1S/C12H8F3NO2S/c13-12(14,15)8-3-1-7(2-4-8)10(11(17)18)9-5-19-6-16-9/h1-6,10H,(H,17,18). The Bertz CT molecular complexity index is 564. The second kappa shape index (κ2) is 5.00. The van der Waals surface area contributed by atoms with E-state index < -0.39 is 23.6 Å². The molecule has 0 saturated heterocycles. The van der Waals surface area contributed by atoms with Gasteiger partial charge in [-0.15, -0.1) is 11.3 Å². The minimum atomic E-state index is -4.43. The van der Waals surface area contributed by atoms with Crippen molar-refractivity contribution in [3.63, 3.8) is 0 Å². The average molecular weight is 287 g/mol. The van der Waals surface area contributed by atoms with Crippen LogP contribution in [-0.2, 0) is 11.0 Å². The van der Waals surface area contributed by atoms with Gasteiger partial charge in [0, 0.05) is 5.38 Å². The van der Waals surface area contributed by atoms with E-state index in [2.05, 4.69) is 4.98 Å². The maximum Gasteiger partial charge on any atom is 0.416 e. The molecule has 0 spiro atoms. The average Bonchev–Trinajstić information content (AvgIpc) is 2.82. The molecule has 0 radical (unpaired) electrons. The first-order valence-electron chi connectivity index (χ1n) is 5.17. The lowest BCUT2D eigenvalue weighted by atomic mass is 9.95. The fraction of sp³-hybridized carbons (Fsp3) is 0.167. The van der Waals surface area contributed by atoms with Gasteiger partial charge in [0.1, 0.15) is 5.92 Å². The Morgan fingerprint density at radius 3 is 2.32 bits per heavy atom. The molecule has 0 fully saturated rings. The SMILES string of the molecule is O=C(O)C(c1ccc(C(F)(F)F)cc1)c1cscn1. The molecular formula is C12H8F3NO2S. The minimum absolute atomic E-state index is 0.270. The lowest BCUT2D eigenvalue weighted by Crippen LogP contribution is -2.14. The molecule has 1 aromatic heterocycles. The van der Waals surface area contributed by atoms with Crippen LogP contribution in [0.15, 0.2) is 35.2 Å². The summed E-state index contributed by atoms with van der Waals surface area (Å²) < 4.78 is 37.3. The predicted octanol–water partition coefficient (Wildman–Crippen LogP) is 3.38. The van der Waals surface area contributed by atoms with Gasteiger partial charge in [0.05, 0.1) is 16.8 Å². The van der Waals surface area contributed by atoms with Crippen LogP contribution in [-0.4, -0.2) is 16.1 Å². The topological polar surface area (TPSA) is 50.2 Å². The van der Waals surface area contributed by atoms with E-state index in [1.807, 2.05) is 0 Å². The largest absolute Gasteiger partial charge is 0.480 e. The van der Waals surface area contributed by atoms with E-state index in [1.165, 1.54) is 29.0 Å². The smallest absolute Gasteiger partial charge is 0.416 e. The number of aliphatic carboxylic acids is 1. The molecule has 0 amide bonds. The van der Waals surface area contributed by atoms with E-state index in [1.54, 1.807) is 5.38 Å². The lowest BCUT2D eigenvalue weighted by molar-refractivity contribution is -0.138. The molecule has 7 heteroatoms. The molecule has 0 saturated carbocycles. The van der Waals surface area contributed by atoms with E-state index >= 15 is 0 Å². The second-order valence-electron chi connectivity index (χ2n) is 3.80. The number of benzene rings is 1. The van der Waals surface area contributed by atoms with Crippen LogP contribution in [0.2, 0.25) is 0 Å². The number of halogens is 3. The van der Waals surface area contributed by atoms with Crippen LogP contribution < -0.4 is 0 Å². The zero-order chi connectivity index (χ0) is 14.0. The van der Waals surface area contributed by atoms with Crippen LogP contribution in [0.3, 0.4) is 0 Å². The summed E-state index contributed by atoms with van der Waals surface area (Å²) in [5, 5.41) is 10.7. The highest BCUT2D eigenvalue weighted by Crippen LogP contribution is 2.31. The second-order valence-corrected chi connectivity index (χ2v) is 4.52. The number of rotatable bonds is 3. The van der Waals surface area contributed by atoms with Crippen LogP contribution in [0.1, 0.15) is 22.7 Å². The van der Waals surface area contributed by atoms with Gasteiger partial charge in [0.2, 0.25) is 0 Å². The quantitative estimate of drug-likeness (QED) is 0.941. The van der Waals surface area contributed by atoms with E-state index in [-0.39, 0.29) is 5.56 Å². The molecular weight excluding hydrogens is 279 g/mol. The number of thiazole rings is 1. The van der Waals surface area contributed by atoms with Gasteiger partial charge in [-0.2, -0.15) is 13.2 Å². The molecule has 0 aliphatic rings. The number of carboxylic acid groups (broad SMARTS) is 1. The fourth-order valence-corrected chi connectivity index (χ4v) is 2.25. The maximum absolute atomic E-state index is 12.4.